The molecule has 1 amide bonds. The van der Waals surface area contributed by atoms with Crippen molar-refractivity contribution in [1.29, 1.82) is 0 Å². The summed E-state index contributed by atoms with van der Waals surface area (Å²) in [6.07, 6.45) is 1.44. The molecule has 3 rings (SSSR count). The molecule has 0 bridgehead atoms. The lowest BCUT2D eigenvalue weighted by Gasteiger charge is -2.36. The number of carbonyl (C=O) groups is 1. The van der Waals surface area contributed by atoms with E-state index < -0.39 is 17.9 Å². The average Bonchev–Trinajstić information content (AvgIpc) is 2.69. The zero-order valence-electron chi connectivity index (χ0n) is 17.0. The first-order valence-electron chi connectivity index (χ1n) is 9.82. The normalized spacial score (nSPS) is 18.0. The number of amides is 1. The van der Waals surface area contributed by atoms with Gasteiger partial charge in [-0.2, -0.15) is 0 Å². The van der Waals surface area contributed by atoms with Gasteiger partial charge in [0.2, 0.25) is 0 Å². The predicted octanol–water partition coefficient (Wildman–Crippen LogP) is 4.54. The molecule has 0 radical (unpaired) electrons. The number of carbonyl (C=O) groups excluding carboxylic acids is 1. The monoisotopic (exact) mass is 395 g/mol. The number of aromatic nitrogens is 2. The molecule has 0 atom stereocenters. The lowest BCUT2D eigenvalue weighted by Crippen LogP contribution is -2.44. The molecule has 1 saturated heterocycles. The zero-order valence-corrected chi connectivity index (χ0v) is 15.8. The molecule has 2 heterocycles. The zero-order chi connectivity index (χ0) is 21.2. The third-order valence-corrected chi connectivity index (χ3v) is 5.04. The fourth-order valence-corrected chi connectivity index (χ4v) is 3.24. The van der Waals surface area contributed by atoms with Crippen LogP contribution in [0.25, 0.3) is 0 Å². The molecule has 144 valence electrons. The van der Waals surface area contributed by atoms with Crippen molar-refractivity contribution in [3.8, 4) is 0 Å². The number of benzene rings is 1. The van der Waals surface area contributed by atoms with Crippen molar-refractivity contribution in [1.82, 2.24) is 14.9 Å². The van der Waals surface area contributed by atoms with Crippen LogP contribution in [0.2, 0.25) is 5.02 Å². The number of aryl methyl sites for hydroxylation is 2. The molecule has 7 heteroatoms. The fraction of sp³-hybridized carbons (Fsp3) is 0.450. The molecule has 0 N–H and O–H groups in total. The standard InChI is InChI=1S/C20H22ClF2N3O/c1-14-12-24-18(25-13-14)3-2-6-20(23)7-9-26(10-8-20)19(27)15-4-5-17(22)16(21)11-15/h4-5,11-13H,2-3,6-10H2,1H3/i3D2. The van der Waals surface area contributed by atoms with Gasteiger partial charge < -0.3 is 4.90 Å². The van der Waals surface area contributed by atoms with Crippen molar-refractivity contribution in [2.45, 2.75) is 44.6 Å². The summed E-state index contributed by atoms with van der Waals surface area (Å²) >= 11 is 5.73. The Morgan fingerprint density at radius 1 is 1.33 bits per heavy atom. The Kier molecular flexibility index (Phi) is 5.24. The minimum absolute atomic E-state index is 0.0155. The second kappa shape index (κ2) is 8.30. The highest BCUT2D eigenvalue weighted by Gasteiger charge is 2.35. The molecule has 0 saturated carbocycles. The van der Waals surface area contributed by atoms with Gasteiger partial charge in [-0.25, -0.2) is 18.7 Å². The molecule has 1 aliphatic rings. The maximum absolute atomic E-state index is 15.2. The Hall–Kier alpha value is -2.08. The molecule has 0 unspecified atom stereocenters. The highest BCUT2D eigenvalue weighted by Crippen LogP contribution is 2.32. The second-order valence-corrected chi connectivity index (χ2v) is 7.24. The fourth-order valence-electron chi connectivity index (χ4n) is 3.05. The Morgan fingerprint density at radius 2 is 2.00 bits per heavy atom. The minimum Gasteiger partial charge on any atom is -0.338 e. The van der Waals surface area contributed by atoms with E-state index in [0.717, 1.165) is 11.6 Å². The molecular weight excluding hydrogens is 372 g/mol. The molecule has 27 heavy (non-hydrogen) atoms. The molecule has 1 aromatic carbocycles. The van der Waals surface area contributed by atoms with Crippen LogP contribution < -0.4 is 0 Å². The number of hydrogen-bond donors (Lipinski definition) is 0. The summed E-state index contributed by atoms with van der Waals surface area (Å²) in [5.74, 6) is -0.874. The highest BCUT2D eigenvalue weighted by molar-refractivity contribution is 6.31. The summed E-state index contributed by atoms with van der Waals surface area (Å²) in [6, 6.07) is 3.76. The molecule has 1 fully saturated rings. The van der Waals surface area contributed by atoms with Crippen molar-refractivity contribution in [3.63, 3.8) is 0 Å². The van der Waals surface area contributed by atoms with E-state index in [1.165, 1.54) is 29.4 Å². The smallest absolute Gasteiger partial charge is 0.253 e. The van der Waals surface area contributed by atoms with Gasteiger partial charge in [0.15, 0.2) is 0 Å². The molecule has 0 spiro atoms. The number of piperidine rings is 1. The van der Waals surface area contributed by atoms with Gasteiger partial charge in [-0.3, -0.25) is 4.79 Å². The molecule has 1 aliphatic heterocycles. The number of rotatable bonds is 5. The van der Waals surface area contributed by atoms with Crippen LogP contribution in [0, 0.1) is 12.7 Å². The first-order chi connectivity index (χ1) is 13.6. The number of nitrogens with zero attached hydrogens (tertiary/aromatic N) is 3. The summed E-state index contributed by atoms with van der Waals surface area (Å²) < 4.78 is 44.8. The third-order valence-electron chi connectivity index (χ3n) is 4.75. The number of alkyl halides is 1. The second-order valence-electron chi connectivity index (χ2n) is 6.83. The summed E-state index contributed by atoms with van der Waals surface area (Å²) in [4.78, 5) is 22.1. The van der Waals surface area contributed by atoms with Crippen molar-refractivity contribution in [3.05, 3.63) is 58.4 Å². The minimum atomic E-state index is -1.83. The van der Waals surface area contributed by atoms with Crippen LogP contribution >= 0.6 is 11.6 Å². The van der Waals surface area contributed by atoms with Crippen LogP contribution in [-0.2, 0) is 6.37 Å². The van der Waals surface area contributed by atoms with Gasteiger partial charge >= 0.3 is 0 Å². The highest BCUT2D eigenvalue weighted by atomic mass is 35.5. The van der Waals surface area contributed by atoms with Crippen LogP contribution in [0.1, 0.15) is 50.2 Å². The molecule has 0 aliphatic carbocycles. The van der Waals surface area contributed by atoms with E-state index in [9.17, 15) is 9.18 Å². The molecule has 2 aromatic rings. The van der Waals surface area contributed by atoms with Crippen LogP contribution in [0.3, 0.4) is 0 Å². The molecule has 4 nitrogen and oxygen atoms in total. The van der Waals surface area contributed by atoms with Gasteiger partial charge in [-0.1, -0.05) is 11.6 Å². The van der Waals surface area contributed by atoms with Gasteiger partial charge in [-0.05, 0) is 56.4 Å². The van der Waals surface area contributed by atoms with Crippen molar-refractivity contribution < 1.29 is 16.3 Å². The van der Waals surface area contributed by atoms with Crippen molar-refractivity contribution >= 4 is 17.5 Å². The van der Waals surface area contributed by atoms with E-state index in [1.54, 1.807) is 0 Å². The third kappa shape index (κ3) is 5.01. The SMILES string of the molecule is [2H]C([2H])(CCC1(F)CCN(C(=O)c2ccc(F)c(Cl)c2)CC1)c1ncc(C)cn1. The summed E-state index contributed by atoms with van der Waals surface area (Å²) in [7, 11) is 0. The van der Waals surface area contributed by atoms with E-state index in [4.69, 9.17) is 14.3 Å². The van der Waals surface area contributed by atoms with Gasteiger partial charge in [0.05, 0.1) is 5.02 Å². The Labute approximate surface area is 165 Å². The Balaban J connectivity index is 1.58. The van der Waals surface area contributed by atoms with Crippen LogP contribution in [-0.4, -0.2) is 39.5 Å². The molecular formula is C20H22ClF2N3O. The average molecular weight is 396 g/mol. The summed E-state index contributed by atoms with van der Waals surface area (Å²) in [5.41, 5.74) is -0.475. The topological polar surface area (TPSA) is 46.1 Å². The first kappa shape index (κ1) is 17.0. The Morgan fingerprint density at radius 3 is 2.63 bits per heavy atom. The van der Waals surface area contributed by atoms with Gasteiger partial charge in [0.25, 0.3) is 5.91 Å². The summed E-state index contributed by atoms with van der Waals surface area (Å²) in [6.45, 7) is 2.22. The summed E-state index contributed by atoms with van der Waals surface area (Å²) in [5, 5.41) is -0.131. The number of halogens is 3. The van der Waals surface area contributed by atoms with Gasteiger partial charge in [0.1, 0.15) is 17.3 Å². The predicted molar refractivity (Wildman–Crippen MR) is 100 cm³/mol. The van der Waals surface area contributed by atoms with E-state index in [1.807, 2.05) is 6.92 Å². The quantitative estimate of drug-likeness (QED) is 0.746. The van der Waals surface area contributed by atoms with E-state index >= 15 is 4.39 Å². The number of hydrogen-bond acceptors (Lipinski definition) is 3. The molecule has 1 aromatic heterocycles. The lowest BCUT2D eigenvalue weighted by atomic mass is 9.88. The van der Waals surface area contributed by atoms with E-state index in [-0.39, 0.29) is 61.1 Å². The maximum Gasteiger partial charge on any atom is 0.253 e. The number of likely N-dealkylation sites (tertiary alicyclic amines) is 1. The van der Waals surface area contributed by atoms with Crippen LogP contribution in [0.5, 0.6) is 0 Å². The first-order valence-corrected chi connectivity index (χ1v) is 9.20. The lowest BCUT2D eigenvalue weighted by molar-refractivity contribution is 0.0389. The van der Waals surface area contributed by atoms with E-state index in [0.29, 0.717) is 0 Å². The largest absolute Gasteiger partial charge is 0.338 e. The Bertz CT molecular complexity index is 888. The van der Waals surface area contributed by atoms with E-state index in [2.05, 4.69) is 9.97 Å². The van der Waals surface area contributed by atoms with Crippen molar-refractivity contribution in [2.75, 3.05) is 13.1 Å². The maximum atomic E-state index is 15.2. The van der Waals surface area contributed by atoms with Crippen molar-refractivity contribution in [2.24, 2.45) is 0 Å². The van der Waals surface area contributed by atoms with Crippen LogP contribution in [0.15, 0.2) is 30.6 Å². The van der Waals surface area contributed by atoms with Crippen LogP contribution in [0.4, 0.5) is 8.78 Å². The van der Waals surface area contributed by atoms with Gasteiger partial charge in [0, 0.05) is 40.2 Å². The van der Waals surface area contributed by atoms with Gasteiger partial charge in [-0.15, -0.1) is 0 Å².